The van der Waals surface area contributed by atoms with Crippen LogP contribution in [0.3, 0.4) is 0 Å². The number of aliphatic hydroxyl groups excluding tert-OH is 1. The van der Waals surface area contributed by atoms with Crippen molar-refractivity contribution < 1.29 is 32.9 Å². The molecule has 0 saturated heterocycles. The average molecular weight is 976 g/mol. The second kappa shape index (κ2) is 50.2. The molecule has 0 rings (SSSR count). The van der Waals surface area contributed by atoms with Crippen LogP contribution < -0.4 is 10.2 Å². The van der Waals surface area contributed by atoms with Gasteiger partial charge in [0.2, 0.25) is 5.91 Å². The monoisotopic (exact) mass is 975 g/mol. The highest BCUT2D eigenvalue weighted by atomic mass is 31.2. The van der Waals surface area contributed by atoms with Crippen LogP contribution in [0, 0.1) is 0 Å². The normalized spacial score (nSPS) is 14.4. The van der Waals surface area contributed by atoms with Gasteiger partial charge in [-0.3, -0.25) is 9.36 Å². The van der Waals surface area contributed by atoms with Crippen molar-refractivity contribution in [1.29, 1.82) is 0 Å². The minimum Gasteiger partial charge on any atom is -0.756 e. The van der Waals surface area contributed by atoms with Crippen LogP contribution in [-0.2, 0) is 18.4 Å². The third-order valence-corrected chi connectivity index (χ3v) is 13.7. The summed E-state index contributed by atoms with van der Waals surface area (Å²) >= 11 is 0. The van der Waals surface area contributed by atoms with Crippen LogP contribution in [0.5, 0.6) is 0 Å². The highest BCUT2D eigenvalue weighted by molar-refractivity contribution is 7.45. The van der Waals surface area contributed by atoms with Crippen LogP contribution >= 0.6 is 7.82 Å². The SMILES string of the molecule is CC/C=C\C/C=C\C/C=C\C/C=C\C/C=C\CCCCCCCCCCCCCCCCCCCCCCCC(=O)NC(COP(=O)([O-])OCC[N+](C)(C)C)C(O)CCCCCCCCCCC. The maximum Gasteiger partial charge on any atom is 0.268 e. The minimum atomic E-state index is -4.56. The van der Waals surface area contributed by atoms with Gasteiger partial charge in [0.25, 0.3) is 7.82 Å². The molecule has 0 radical (unpaired) electrons. The van der Waals surface area contributed by atoms with Gasteiger partial charge in [-0.25, -0.2) is 0 Å². The van der Waals surface area contributed by atoms with Crippen molar-refractivity contribution in [2.75, 3.05) is 40.9 Å². The highest BCUT2D eigenvalue weighted by Crippen LogP contribution is 2.38. The van der Waals surface area contributed by atoms with Crippen LogP contribution in [0.4, 0.5) is 0 Å². The fourth-order valence-electron chi connectivity index (χ4n) is 8.30. The number of carbonyl (C=O) groups excluding carboxylic acids is 1. The van der Waals surface area contributed by atoms with E-state index >= 15 is 0 Å². The molecule has 0 aromatic heterocycles. The minimum absolute atomic E-state index is 0.0124. The number of phosphoric ester groups is 1. The van der Waals surface area contributed by atoms with Gasteiger partial charge >= 0.3 is 0 Å². The van der Waals surface area contributed by atoms with Crippen LogP contribution in [0.25, 0.3) is 0 Å². The molecule has 1 amide bonds. The van der Waals surface area contributed by atoms with Crippen LogP contribution in [0.2, 0.25) is 0 Å². The van der Waals surface area contributed by atoms with E-state index in [2.05, 4.69) is 79.9 Å². The Balaban J connectivity index is 3.85. The fraction of sp³-hybridized carbons (Fsp3) is 0.814. The Morgan fingerprint density at radius 3 is 1.31 bits per heavy atom. The molecule has 0 heterocycles. The van der Waals surface area contributed by atoms with E-state index < -0.39 is 20.0 Å². The topological polar surface area (TPSA) is 108 Å². The first-order valence-corrected chi connectivity index (χ1v) is 30.1. The summed E-state index contributed by atoms with van der Waals surface area (Å²) in [5.74, 6) is -0.165. The summed E-state index contributed by atoms with van der Waals surface area (Å²) in [4.78, 5) is 25.4. The second-order valence-corrected chi connectivity index (χ2v) is 22.0. The number of rotatable bonds is 52. The Hall–Kier alpha value is -1.80. The first-order valence-electron chi connectivity index (χ1n) is 28.6. The van der Waals surface area contributed by atoms with Crippen molar-refractivity contribution >= 4 is 13.7 Å². The summed E-state index contributed by atoms with van der Waals surface area (Å²) in [5, 5.41) is 13.9. The lowest BCUT2D eigenvalue weighted by molar-refractivity contribution is -0.870. The molecule has 3 unspecified atom stereocenters. The molecule has 0 spiro atoms. The van der Waals surface area contributed by atoms with Gasteiger partial charge in [0.05, 0.1) is 39.9 Å². The molecule has 0 aliphatic rings. The van der Waals surface area contributed by atoms with E-state index in [1.54, 1.807) is 0 Å². The number of aliphatic hydroxyl groups is 1. The number of hydrogen-bond acceptors (Lipinski definition) is 6. The van der Waals surface area contributed by atoms with Crippen molar-refractivity contribution in [3.8, 4) is 0 Å². The first-order chi connectivity index (χ1) is 33.0. The number of nitrogens with zero attached hydrogens (tertiary/aromatic N) is 1. The molecule has 0 fully saturated rings. The lowest BCUT2D eigenvalue weighted by atomic mass is 10.0. The van der Waals surface area contributed by atoms with Crippen LogP contribution in [-0.4, -0.2) is 68.5 Å². The summed E-state index contributed by atoms with van der Waals surface area (Å²) in [6.45, 7) is 4.59. The Morgan fingerprint density at radius 2 is 0.897 bits per heavy atom. The number of quaternary nitrogens is 1. The molecule has 0 saturated carbocycles. The molecule has 0 aromatic carbocycles. The quantitative estimate of drug-likeness (QED) is 0.0272. The number of unbranched alkanes of at least 4 members (excludes halogenated alkanes) is 29. The molecular formula is C59H111N2O6P. The summed E-state index contributed by atoms with van der Waals surface area (Å²) in [7, 11) is 1.31. The van der Waals surface area contributed by atoms with Crippen LogP contribution in [0.15, 0.2) is 60.8 Å². The molecule has 68 heavy (non-hydrogen) atoms. The molecule has 0 aliphatic carbocycles. The van der Waals surface area contributed by atoms with E-state index in [1.807, 2.05) is 21.1 Å². The summed E-state index contributed by atoms with van der Waals surface area (Å²) in [6.07, 6.45) is 67.1. The number of allylic oxidation sites excluding steroid dienone is 10. The standard InChI is InChI=1S/C59H111N2O6P/c1-6-8-10-12-14-16-17-18-19-20-21-22-23-24-25-26-27-28-29-30-31-32-33-34-35-36-37-38-39-40-41-42-43-45-47-49-51-53-59(63)60-57(56-67-68(64,65)66-55-54-61(3,4)5)58(62)52-50-48-46-44-15-13-11-9-7-2/h8,10,14,16,18-19,21-22,24-25,57-58,62H,6-7,9,11-13,15,17,20,23,26-56H2,1-5H3,(H-,60,63,64,65)/b10-8-,16-14-,19-18-,22-21-,25-24-. The third kappa shape index (κ3) is 52.0. The predicted octanol–water partition coefficient (Wildman–Crippen LogP) is 16.7. The third-order valence-electron chi connectivity index (χ3n) is 12.8. The van der Waals surface area contributed by atoms with Gasteiger partial charge in [-0.1, -0.05) is 254 Å². The highest BCUT2D eigenvalue weighted by Gasteiger charge is 2.24. The lowest BCUT2D eigenvalue weighted by Crippen LogP contribution is -2.46. The van der Waals surface area contributed by atoms with E-state index in [0.29, 0.717) is 23.9 Å². The summed E-state index contributed by atoms with van der Waals surface area (Å²) in [5.41, 5.74) is 0. The number of carbonyl (C=O) groups is 1. The zero-order valence-electron chi connectivity index (χ0n) is 45.3. The van der Waals surface area contributed by atoms with Gasteiger partial charge in [-0.05, 0) is 57.8 Å². The Kier molecular flexibility index (Phi) is 48.8. The largest absolute Gasteiger partial charge is 0.756 e. The number of nitrogens with one attached hydrogen (secondary N) is 1. The summed E-state index contributed by atoms with van der Waals surface area (Å²) < 4.78 is 23.3. The second-order valence-electron chi connectivity index (χ2n) is 20.6. The van der Waals surface area contributed by atoms with Crippen molar-refractivity contribution in [3.05, 3.63) is 60.8 Å². The number of amides is 1. The molecule has 0 aromatic rings. The van der Waals surface area contributed by atoms with E-state index in [0.717, 1.165) is 70.6 Å². The van der Waals surface area contributed by atoms with E-state index in [9.17, 15) is 19.4 Å². The van der Waals surface area contributed by atoms with Gasteiger partial charge in [-0.15, -0.1) is 0 Å². The first kappa shape index (κ1) is 66.2. The van der Waals surface area contributed by atoms with Gasteiger partial charge in [0, 0.05) is 6.42 Å². The van der Waals surface area contributed by atoms with E-state index in [1.165, 1.54) is 161 Å². The molecule has 9 heteroatoms. The molecular weight excluding hydrogens is 864 g/mol. The Labute approximate surface area is 422 Å². The molecule has 8 nitrogen and oxygen atoms in total. The average Bonchev–Trinajstić information content (AvgIpc) is 3.30. The van der Waals surface area contributed by atoms with Crippen molar-refractivity contribution in [1.82, 2.24) is 5.32 Å². The zero-order chi connectivity index (χ0) is 49.9. The van der Waals surface area contributed by atoms with Crippen LogP contribution in [0.1, 0.15) is 258 Å². The van der Waals surface area contributed by atoms with E-state index in [-0.39, 0.29) is 19.1 Å². The molecule has 398 valence electrons. The van der Waals surface area contributed by atoms with Gasteiger partial charge in [0.1, 0.15) is 13.2 Å². The van der Waals surface area contributed by atoms with E-state index in [4.69, 9.17) is 9.05 Å². The number of hydrogen-bond donors (Lipinski definition) is 2. The molecule has 0 aliphatic heterocycles. The Morgan fingerprint density at radius 1 is 0.529 bits per heavy atom. The van der Waals surface area contributed by atoms with Crippen molar-refractivity contribution in [2.24, 2.45) is 0 Å². The number of likely N-dealkylation sites (N-methyl/N-ethyl adjacent to an activating group) is 1. The van der Waals surface area contributed by atoms with Gasteiger partial charge < -0.3 is 28.8 Å². The lowest BCUT2D eigenvalue weighted by Gasteiger charge is -2.30. The fourth-order valence-corrected chi connectivity index (χ4v) is 9.03. The van der Waals surface area contributed by atoms with Gasteiger partial charge in [0.15, 0.2) is 0 Å². The zero-order valence-corrected chi connectivity index (χ0v) is 46.2. The maximum absolute atomic E-state index is 12.9. The van der Waals surface area contributed by atoms with Crippen molar-refractivity contribution in [3.63, 3.8) is 0 Å². The molecule has 3 atom stereocenters. The molecule has 0 bridgehead atoms. The van der Waals surface area contributed by atoms with Crippen molar-refractivity contribution in [2.45, 2.75) is 270 Å². The Bertz CT molecular complexity index is 1290. The smallest absolute Gasteiger partial charge is 0.268 e. The predicted molar refractivity (Wildman–Crippen MR) is 293 cm³/mol. The number of phosphoric acid groups is 1. The maximum atomic E-state index is 12.9. The summed E-state index contributed by atoms with van der Waals surface area (Å²) in [6, 6.07) is -0.798. The molecule has 2 N–H and O–H groups in total. The van der Waals surface area contributed by atoms with Gasteiger partial charge in [-0.2, -0.15) is 0 Å².